The van der Waals surface area contributed by atoms with Gasteiger partial charge in [-0.3, -0.25) is 24.5 Å². The van der Waals surface area contributed by atoms with Crippen molar-refractivity contribution in [3.63, 3.8) is 0 Å². The Balaban J connectivity index is 1.72. The Morgan fingerprint density at radius 2 is 1.23 bits per heavy atom. The molecule has 3 aromatic carbocycles. The summed E-state index contributed by atoms with van der Waals surface area (Å²) in [5.41, 5.74) is 2.18. The molecule has 0 heterocycles. The number of carbonyl (C=O) groups is 4. The number of carboxylic acid groups (broad SMARTS) is 1. The van der Waals surface area contributed by atoms with Crippen LogP contribution >= 0.6 is 0 Å². The lowest BCUT2D eigenvalue weighted by Crippen LogP contribution is -2.54. The van der Waals surface area contributed by atoms with Crippen molar-refractivity contribution in [1.29, 1.82) is 0 Å². The first-order valence-corrected chi connectivity index (χ1v) is 12.9. The Morgan fingerprint density at radius 1 is 0.692 bits per heavy atom. The SMILES string of the molecule is C[C@@H](N[C@@H](CCc1ccccc1)C(=O)N[C@@H](CCC(=O)Nc1ccccc1)C(=O)Nc1ccccc1)C(=O)O. The number of anilines is 2. The highest BCUT2D eigenvalue weighted by Crippen LogP contribution is 2.12. The van der Waals surface area contributed by atoms with Crippen LogP contribution in [0, 0.1) is 0 Å². The number of para-hydroxylation sites is 2. The topological polar surface area (TPSA) is 137 Å². The fourth-order valence-electron chi connectivity index (χ4n) is 3.93. The highest BCUT2D eigenvalue weighted by Gasteiger charge is 2.28. The number of amides is 3. The molecule has 3 amide bonds. The standard InChI is InChI=1S/C30H34N4O5/c1-21(30(38)39)31-25(18-17-22-11-5-2-6-12-22)29(37)34-26(28(36)33-24-15-9-4-10-16-24)19-20-27(35)32-23-13-7-3-8-14-23/h2-16,21,25-26,31H,17-20H2,1H3,(H,32,35)(H,33,36)(H,34,37)(H,38,39)/t21-,25+,26+/m1/s1. The third-order valence-corrected chi connectivity index (χ3v) is 6.09. The van der Waals surface area contributed by atoms with Crippen LogP contribution in [0.3, 0.4) is 0 Å². The molecule has 0 radical (unpaired) electrons. The largest absolute Gasteiger partial charge is 0.480 e. The Labute approximate surface area is 228 Å². The second-order valence-electron chi connectivity index (χ2n) is 9.17. The van der Waals surface area contributed by atoms with E-state index in [1.807, 2.05) is 42.5 Å². The number of carbonyl (C=O) groups excluding carboxylic acids is 3. The van der Waals surface area contributed by atoms with Crippen LogP contribution in [0.15, 0.2) is 91.0 Å². The first kappa shape index (κ1) is 29.1. The molecule has 5 N–H and O–H groups in total. The van der Waals surface area contributed by atoms with Gasteiger partial charge in [0.25, 0.3) is 0 Å². The third kappa shape index (κ3) is 10.1. The van der Waals surface area contributed by atoms with E-state index in [1.54, 1.807) is 48.5 Å². The summed E-state index contributed by atoms with van der Waals surface area (Å²) in [5.74, 6) is -2.39. The molecule has 0 unspecified atom stereocenters. The summed E-state index contributed by atoms with van der Waals surface area (Å²) < 4.78 is 0. The predicted molar refractivity (Wildman–Crippen MR) is 150 cm³/mol. The van der Waals surface area contributed by atoms with E-state index in [1.165, 1.54) is 6.92 Å². The number of rotatable bonds is 14. The van der Waals surface area contributed by atoms with Crippen molar-refractivity contribution >= 4 is 35.1 Å². The van der Waals surface area contributed by atoms with Gasteiger partial charge in [-0.05, 0) is 56.0 Å². The Kier molecular flexibility index (Phi) is 11.2. The van der Waals surface area contributed by atoms with E-state index in [4.69, 9.17) is 0 Å². The van der Waals surface area contributed by atoms with Crippen LogP contribution in [0.25, 0.3) is 0 Å². The van der Waals surface area contributed by atoms with Gasteiger partial charge >= 0.3 is 5.97 Å². The first-order valence-electron chi connectivity index (χ1n) is 12.9. The minimum absolute atomic E-state index is 0.0182. The molecule has 0 spiro atoms. The molecule has 39 heavy (non-hydrogen) atoms. The van der Waals surface area contributed by atoms with E-state index in [2.05, 4.69) is 21.3 Å². The summed E-state index contributed by atoms with van der Waals surface area (Å²) in [7, 11) is 0. The van der Waals surface area contributed by atoms with Gasteiger partial charge in [-0.1, -0.05) is 66.7 Å². The minimum atomic E-state index is -1.09. The van der Waals surface area contributed by atoms with E-state index in [9.17, 15) is 24.3 Å². The van der Waals surface area contributed by atoms with Gasteiger partial charge in [0.2, 0.25) is 17.7 Å². The highest BCUT2D eigenvalue weighted by atomic mass is 16.4. The maximum Gasteiger partial charge on any atom is 0.320 e. The fraction of sp³-hybridized carbons (Fsp3) is 0.267. The van der Waals surface area contributed by atoms with Crippen molar-refractivity contribution in [2.75, 3.05) is 10.6 Å². The second kappa shape index (κ2) is 15.0. The van der Waals surface area contributed by atoms with E-state index < -0.39 is 35.9 Å². The lowest BCUT2D eigenvalue weighted by molar-refractivity contribution is -0.139. The quantitative estimate of drug-likeness (QED) is 0.216. The van der Waals surface area contributed by atoms with Crippen LogP contribution in [0.2, 0.25) is 0 Å². The number of benzene rings is 3. The summed E-state index contributed by atoms with van der Waals surface area (Å²) in [6.45, 7) is 1.46. The van der Waals surface area contributed by atoms with Crippen LogP contribution in [0.4, 0.5) is 11.4 Å². The molecule has 0 aromatic heterocycles. The van der Waals surface area contributed by atoms with E-state index in [0.29, 0.717) is 24.2 Å². The van der Waals surface area contributed by atoms with E-state index >= 15 is 0 Å². The minimum Gasteiger partial charge on any atom is -0.480 e. The van der Waals surface area contributed by atoms with Crippen LogP contribution < -0.4 is 21.3 Å². The van der Waals surface area contributed by atoms with Crippen molar-refractivity contribution in [1.82, 2.24) is 10.6 Å². The Morgan fingerprint density at radius 3 is 1.79 bits per heavy atom. The number of carboxylic acids is 1. The molecule has 0 bridgehead atoms. The number of hydrogen-bond donors (Lipinski definition) is 5. The normalized spacial score (nSPS) is 12.9. The first-order chi connectivity index (χ1) is 18.8. The van der Waals surface area contributed by atoms with Crippen molar-refractivity contribution < 1.29 is 24.3 Å². The fourth-order valence-corrected chi connectivity index (χ4v) is 3.93. The zero-order valence-electron chi connectivity index (χ0n) is 21.8. The summed E-state index contributed by atoms with van der Waals surface area (Å²) in [6, 6.07) is 24.4. The third-order valence-electron chi connectivity index (χ3n) is 6.09. The van der Waals surface area contributed by atoms with Crippen molar-refractivity contribution in [2.24, 2.45) is 0 Å². The van der Waals surface area contributed by atoms with Crippen LogP contribution in [0.1, 0.15) is 31.7 Å². The zero-order valence-corrected chi connectivity index (χ0v) is 21.8. The van der Waals surface area contributed by atoms with Crippen LogP contribution in [-0.2, 0) is 25.6 Å². The lowest BCUT2D eigenvalue weighted by atomic mass is 10.0. The van der Waals surface area contributed by atoms with Gasteiger partial charge in [0, 0.05) is 17.8 Å². The number of aliphatic carboxylic acids is 1. The summed E-state index contributed by atoms with van der Waals surface area (Å²) in [5, 5.41) is 20.6. The number of aryl methyl sites for hydroxylation is 1. The summed E-state index contributed by atoms with van der Waals surface area (Å²) in [4.78, 5) is 50.6. The molecule has 0 aliphatic rings. The van der Waals surface area contributed by atoms with Crippen molar-refractivity contribution in [2.45, 2.75) is 50.7 Å². The molecule has 0 aliphatic heterocycles. The molecule has 9 heteroatoms. The second-order valence-corrected chi connectivity index (χ2v) is 9.17. The molecule has 0 saturated carbocycles. The molecular formula is C30H34N4O5. The number of nitrogens with one attached hydrogen (secondary N) is 4. The maximum absolute atomic E-state index is 13.4. The predicted octanol–water partition coefficient (Wildman–Crippen LogP) is 3.59. The average molecular weight is 531 g/mol. The van der Waals surface area contributed by atoms with Gasteiger partial charge in [0.15, 0.2) is 0 Å². The lowest BCUT2D eigenvalue weighted by Gasteiger charge is -2.24. The molecule has 0 aliphatic carbocycles. The van der Waals surface area contributed by atoms with E-state index in [-0.39, 0.29) is 18.7 Å². The zero-order chi connectivity index (χ0) is 28.0. The molecule has 9 nitrogen and oxygen atoms in total. The summed E-state index contributed by atoms with van der Waals surface area (Å²) >= 11 is 0. The van der Waals surface area contributed by atoms with E-state index in [0.717, 1.165) is 5.56 Å². The van der Waals surface area contributed by atoms with Gasteiger partial charge in [-0.15, -0.1) is 0 Å². The van der Waals surface area contributed by atoms with Crippen LogP contribution in [0.5, 0.6) is 0 Å². The number of hydrogen-bond acceptors (Lipinski definition) is 5. The molecule has 3 aromatic rings. The van der Waals surface area contributed by atoms with Gasteiger partial charge in [0.1, 0.15) is 12.1 Å². The molecule has 3 atom stereocenters. The highest BCUT2D eigenvalue weighted by molar-refractivity contribution is 5.98. The molecular weight excluding hydrogens is 496 g/mol. The van der Waals surface area contributed by atoms with Crippen LogP contribution in [-0.4, -0.2) is 46.9 Å². The molecule has 3 rings (SSSR count). The maximum atomic E-state index is 13.4. The van der Waals surface area contributed by atoms with Gasteiger partial charge in [-0.25, -0.2) is 0 Å². The van der Waals surface area contributed by atoms with Gasteiger partial charge in [-0.2, -0.15) is 0 Å². The molecule has 204 valence electrons. The van der Waals surface area contributed by atoms with Gasteiger partial charge in [0.05, 0.1) is 6.04 Å². The Bertz CT molecular complexity index is 1220. The van der Waals surface area contributed by atoms with Crippen molar-refractivity contribution in [3.8, 4) is 0 Å². The van der Waals surface area contributed by atoms with Gasteiger partial charge < -0.3 is 21.1 Å². The summed E-state index contributed by atoms with van der Waals surface area (Å²) in [6.07, 6.45) is 0.867. The monoisotopic (exact) mass is 530 g/mol. The average Bonchev–Trinajstić information content (AvgIpc) is 2.94. The molecule has 0 saturated heterocycles. The van der Waals surface area contributed by atoms with Crippen molar-refractivity contribution in [3.05, 3.63) is 96.6 Å². The Hall–Kier alpha value is -4.50. The molecule has 0 fully saturated rings. The smallest absolute Gasteiger partial charge is 0.320 e.